The maximum absolute atomic E-state index is 10.6. The molecule has 1 aromatic heterocycles. The second kappa shape index (κ2) is 4.76. The summed E-state index contributed by atoms with van der Waals surface area (Å²) in [5.41, 5.74) is 1.97. The van der Waals surface area contributed by atoms with Crippen molar-refractivity contribution in [3.63, 3.8) is 0 Å². The van der Waals surface area contributed by atoms with Crippen LogP contribution >= 0.6 is 0 Å². The SMILES string of the molecule is O=C(O)C(O)c1ccc(-c2ccccc2)nc1. The van der Waals surface area contributed by atoms with E-state index in [4.69, 9.17) is 5.11 Å². The van der Waals surface area contributed by atoms with Gasteiger partial charge >= 0.3 is 5.97 Å². The summed E-state index contributed by atoms with van der Waals surface area (Å²) < 4.78 is 0. The van der Waals surface area contributed by atoms with Crippen molar-refractivity contribution in [3.05, 3.63) is 54.2 Å². The molecule has 0 spiro atoms. The summed E-state index contributed by atoms with van der Waals surface area (Å²) in [6.45, 7) is 0. The molecule has 0 amide bonds. The maximum atomic E-state index is 10.6. The van der Waals surface area contributed by atoms with Crippen molar-refractivity contribution in [1.82, 2.24) is 4.98 Å². The third-order valence-corrected chi connectivity index (χ3v) is 2.41. The first-order chi connectivity index (χ1) is 8.18. The number of aliphatic hydroxyl groups is 1. The average molecular weight is 229 g/mol. The second-order valence-corrected chi connectivity index (χ2v) is 3.58. The van der Waals surface area contributed by atoms with Gasteiger partial charge < -0.3 is 10.2 Å². The first-order valence-corrected chi connectivity index (χ1v) is 5.11. The van der Waals surface area contributed by atoms with Gasteiger partial charge in [0.2, 0.25) is 0 Å². The highest BCUT2D eigenvalue weighted by atomic mass is 16.4. The van der Waals surface area contributed by atoms with Crippen LogP contribution in [0.25, 0.3) is 11.3 Å². The molecule has 1 heterocycles. The first-order valence-electron chi connectivity index (χ1n) is 5.11. The molecular formula is C13H11NO3. The Balaban J connectivity index is 2.28. The Labute approximate surface area is 98.2 Å². The lowest BCUT2D eigenvalue weighted by atomic mass is 10.1. The fraction of sp³-hybridized carbons (Fsp3) is 0.0769. The van der Waals surface area contributed by atoms with Crippen molar-refractivity contribution in [2.45, 2.75) is 6.10 Å². The second-order valence-electron chi connectivity index (χ2n) is 3.58. The maximum Gasteiger partial charge on any atom is 0.337 e. The standard InChI is InChI=1S/C13H11NO3/c15-12(13(16)17)10-6-7-11(14-8-10)9-4-2-1-3-5-9/h1-8,12,15H,(H,16,17). The minimum atomic E-state index is -1.52. The molecule has 0 fully saturated rings. The van der Waals surface area contributed by atoms with Gasteiger partial charge in [-0.05, 0) is 6.07 Å². The number of aliphatic hydroxyl groups excluding tert-OH is 1. The Bertz CT molecular complexity index is 508. The number of rotatable bonds is 3. The number of hydrogen-bond donors (Lipinski definition) is 2. The number of carboxylic acid groups (broad SMARTS) is 1. The van der Waals surface area contributed by atoms with Gasteiger partial charge in [0.15, 0.2) is 6.10 Å². The van der Waals surface area contributed by atoms with Crippen LogP contribution in [0.3, 0.4) is 0 Å². The van der Waals surface area contributed by atoms with E-state index in [9.17, 15) is 9.90 Å². The third-order valence-electron chi connectivity index (χ3n) is 2.41. The molecule has 2 rings (SSSR count). The van der Waals surface area contributed by atoms with Crippen LogP contribution in [-0.4, -0.2) is 21.2 Å². The van der Waals surface area contributed by atoms with Crippen LogP contribution in [0.5, 0.6) is 0 Å². The van der Waals surface area contributed by atoms with Crippen LogP contribution in [0.2, 0.25) is 0 Å². The van der Waals surface area contributed by atoms with Crippen LogP contribution in [0, 0.1) is 0 Å². The van der Waals surface area contributed by atoms with Gasteiger partial charge in [-0.15, -0.1) is 0 Å². The molecule has 1 aromatic carbocycles. The topological polar surface area (TPSA) is 70.4 Å². The molecule has 0 bridgehead atoms. The highest BCUT2D eigenvalue weighted by Crippen LogP contribution is 2.18. The number of nitrogens with zero attached hydrogens (tertiary/aromatic N) is 1. The quantitative estimate of drug-likeness (QED) is 0.842. The fourth-order valence-electron chi connectivity index (χ4n) is 1.49. The summed E-state index contributed by atoms with van der Waals surface area (Å²) in [4.78, 5) is 14.7. The fourth-order valence-corrected chi connectivity index (χ4v) is 1.49. The zero-order valence-corrected chi connectivity index (χ0v) is 8.95. The molecule has 0 aliphatic rings. The number of aromatic nitrogens is 1. The molecule has 4 heteroatoms. The summed E-state index contributed by atoms with van der Waals surface area (Å²) in [6, 6.07) is 12.8. The van der Waals surface area contributed by atoms with Crippen LogP contribution in [0.1, 0.15) is 11.7 Å². The van der Waals surface area contributed by atoms with E-state index in [2.05, 4.69) is 4.98 Å². The number of carbonyl (C=O) groups is 1. The molecule has 0 aliphatic carbocycles. The van der Waals surface area contributed by atoms with E-state index in [1.54, 1.807) is 12.1 Å². The monoisotopic (exact) mass is 229 g/mol. The average Bonchev–Trinajstić information content (AvgIpc) is 2.39. The van der Waals surface area contributed by atoms with E-state index in [1.807, 2.05) is 30.3 Å². The van der Waals surface area contributed by atoms with Crippen LogP contribution in [0.15, 0.2) is 48.7 Å². The van der Waals surface area contributed by atoms with Gasteiger partial charge in [-0.3, -0.25) is 4.98 Å². The molecule has 2 aromatic rings. The van der Waals surface area contributed by atoms with E-state index in [-0.39, 0.29) is 5.56 Å². The summed E-state index contributed by atoms with van der Waals surface area (Å²) >= 11 is 0. The van der Waals surface area contributed by atoms with Gasteiger partial charge in [-0.2, -0.15) is 0 Å². The molecule has 2 N–H and O–H groups in total. The molecule has 0 aliphatic heterocycles. The highest BCUT2D eigenvalue weighted by Gasteiger charge is 2.15. The van der Waals surface area contributed by atoms with Crippen molar-refractivity contribution >= 4 is 5.97 Å². The summed E-state index contributed by atoms with van der Waals surface area (Å²) in [7, 11) is 0. The molecule has 0 saturated heterocycles. The number of benzene rings is 1. The van der Waals surface area contributed by atoms with Crippen molar-refractivity contribution < 1.29 is 15.0 Å². The molecule has 1 unspecified atom stereocenters. The van der Waals surface area contributed by atoms with Crippen molar-refractivity contribution in [1.29, 1.82) is 0 Å². The Morgan fingerprint density at radius 2 is 1.82 bits per heavy atom. The van der Waals surface area contributed by atoms with Crippen LogP contribution in [0.4, 0.5) is 0 Å². The minimum Gasteiger partial charge on any atom is -0.479 e. The van der Waals surface area contributed by atoms with Gasteiger partial charge in [0.05, 0.1) is 5.69 Å². The van der Waals surface area contributed by atoms with Gasteiger partial charge in [-0.1, -0.05) is 36.4 Å². The predicted octanol–water partition coefficient (Wildman–Crippen LogP) is 1.87. The van der Waals surface area contributed by atoms with Crippen molar-refractivity contribution in [3.8, 4) is 11.3 Å². The van der Waals surface area contributed by atoms with Crippen molar-refractivity contribution in [2.75, 3.05) is 0 Å². The van der Waals surface area contributed by atoms with Gasteiger partial charge in [0.25, 0.3) is 0 Å². The normalized spacial score (nSPS) is 12.1. The molecule has 4 nitrogen and oxygen atoms in total. The Kier molecular flexibility index (Phi) is 3.16. The minimum absolute atomic E-state index is 0.275. The summed E-state index contributed by atoms with van der Waals surface area (Å²) in [5.74, 6) is -1.28. The largest absolute Gasteiger partial charge is 0.479 e. The molecule has 86 valence electrons. The first kappa shape index (κ1) is 11.3. The van der Waals surface area contributed by atoms with Gasteiger partial charge in [0.1, 0.15) is 0 Å². The summed E-state index contributed by atoms with van der Waals surface area (Å²) in [5, 5.41) is 18.0. The van der Waals surface area contributed by atoms with E-state index in [0.717, 1.165) is 11.3 Å². The van der Waals surface area contributed by atoms with E-state index in [1.165, 1.54) is 6.20 Å². The van der Waals surface area contributed by atoms with Gasteiger partial charge in [-0.25, -0.2) is 4.79 Å². The summed E-state index contributed by atoms with van der Waals surface area (Å²) in [6.07, 6.45) is -0.145. The molecule has 0 radical (unpaired) electrons. The molecular weight excluding hydrogens is 218 g/mol. The highest BCUT2D eigenvalue weighted by molar-refractivity contribution is 5.74. The Hall–Kier alpha value is -2.20. The van der Waals surface area contributed by atoms with Gasteiger partial charge in [0, 0.05) is 17.3 Å². The van der Waals surface area contributed by atoms with Crippen molar-refractivity contribution in [2.24, 2.45) is 0 Å². The van der Waals surface area contributed by atoms with E-state index >= 15 is 0 Å². The smallest absolute Gasteiger partial charge is 0.337 e. The lowest BCUT2D eigenvalue weighted by Crippen LogP contribution is -2.10. The molecule has 1 atom stereocenters. The molecule has 17 heavy (non-hydrogen) atoms. The number of carboxylic acids is 1. The van der Waals surface area contributed by atoms with Crippen LogP contribution in [-0.2, 0) is 4.79 Å². The number of hydrogen-bond acceptors (Lipinski definition) is 3. The third kappa shape index (κ3) is 2.49. The number of pyridine rings is 1. The van der Waals surface area contributed by atoms with E-state index in [0.29, 0.717) is 0 Å². The number of aliphatic carboxylic acids is 1. The van der Waals surface area contributed by atoms with Crippen LogP contribution < -0.4 is 0 Å². The van der Waals surface area contributed by atoms with E-state index < -0.39 is 12.1 Å². The molecule has 0 saturated carbocycles. The Morgan fingerprint density at radius 3 is 2.35 bits per heavy atom. The Morgan fingerprint density at radius 1 is 1.12 bits per heavy atom. The lowest BCUT2D eigenvalue weighted by molar-refractivity contribution is -0.146. The zero-order valence-electron chi connectivity index (χ0n) is 8.95. The zero-order chi connectivity index (χ0) is 12.3. The lowest BCUT2D eigenvalue weighted by Gasteiger charge is -2.06. The predicted molar refractivity (Wildman–Crippen MR) is 62.3 cm³/mol.